The molecule has 244 valence electrons. The molecule has 0 bridgehead atoms. The zero-order valence-corrected chi connectivity index (χ0v) is 27.2. The van der Waals surface area contributed by atoms with Crippen LogP contribution in [0.25, 0.3) is 5.76 Å². The zero-order valence-electron chi connectivity index (χ0n) is 27.2. The van der Waals surface area contributed by atoms with Crippen LogP contribution in [0.5, 0.6) is 17.2 Å². The predicted octanol–water partition coefficient (Wildman–Crippen LogP) is 5.76. The average Bonchev–Trinajstić information content (AvgIpc) is 3.32. The number of nitrogens with zero attached hydrogens (tertiary/aromatic N) is 2. The Morgan fingerprint density at radius 3 is 2.41 bits per heavy atom. The number of morpholine rings is 1. The van der Waals surface area contributed by atoms with Gasteiger partial charge in [0.05, 0.1) is 38.5 Å². The van der Waals surface area contributed by atoms with Crippen molar-refractivity contribution in [1.82, 2.24) is 9.80 Å². The molecule has 2 heterocycles. The number of carbonyl (C=O) groups excluding carboxylic acids is 2. The molecule has 3 aromatic carbocycles. The number of benzene rings is 3. The Kier molecular flexibility index (Phi) is 11.0. The third-order valence-electron chi connectivity index (χ3n) is 8.37. The number of aliphatic hydroxyl groups is 1. The summed E-state index contributed by atoms with van der Waals surface area (Å²) in [5, 5.41) is 11.6. The van der Waals surface area contributed by atoms with E-state index in [0.29, 0.717) is 73.8 Å². The lowest BCUT2D eigenvalue weighted by atomic mass is 9.95. The normalized spacial score (nSPS) is 18.3. The fraction of sp³-hybridized carbons (Fsp3) is 0.405. The molecule has 9 heteroatoms. The summed E-state index contributed by atoms with van der Waals surface area (Å²) in [6.45, 7) is 10.9. The van der Waals surface area contributed by atoms with Gasteiger partial charge in [0.2, 0.25) is 0 Å². The topological polar surface area (TPSA) is 97.8 Å². The number of aryl methyl sites for hydroxylation is 1. The molecule has 5 rings (SSSR count). The maximum absolute atomic E-state index is 13.6. The summed E-state index contributed by atoms with van der Waals surface area (Å²) in [5.74, 6) is 0.588. The number of rotatable bonds is 13. The van der Waals surface area contributed by atoms with Gasteiger partial charge >= 0.3 is 0 Å². The molecule has 1 amide bonds. The van der Waals surface area contributed by atoms with E-state index >= 15 is 0 Å². The second-order valence-electron chi connectivity index (χ2n) is 12.2. The van der Waals surface area contributed by atoms with Crippen LogP contribution in [0.15, 0.2) is 72.3 Å². The van der Waals surface area contributed by atoms with Gasteiger partial charge in [-0.05, 0) is 66.8 Å². The van der Waals surface area contributed by atoms with Gasteiger partial charge in [0.15, 0.2) is 11.5 Å². The number of Topliss-reactive ketones (excluding diaryl/α,β-unsaturated/α-hetero) is 1. The van der Waals surface area contributed by atoms with E-state index < -0.39 is 17.7 Å². The van der Waals surface area contributed by atoms with Crippen LogP contribution < -0.4 is 14.2 Å². The third-order valence-corrected chi connectivity index (χ3v) is 8.37. The summed E-state index contributed by atoms with van der Waals surface area (Å²) in [4.78, 5) is 30.9. The quantitative estimate of drug-likeness (QED) is 0.145. The van der Waals surface area contributed by atoms with Gasteiger partial charge < -0.3 is 29.0 Å². The first-order valence-corrected chi connectivity index (χ1v) is 15.9. The molecule has 46 heavy (non-hydrogen) atoms. The molecule has 0 aromatic heterocycles. The Labute approximate surface area is 271 Å². The van der Waals surface area contributed by atoms with E-state index in [0.717, 1.165) is 30.6 Å². The molecule has 2 fully saturated rings. The van der Waals surface area contributed by atoms with E-state index in [2.05, 4.69) is 24.8 Å². The van der Waals surface area contributed by atoms with Crippen molar-refractivity contribution in [2.75, 3.05) is 53.1 Å². The van der Waals surface area contributed by atoms with Crippen LogP contribution in [0.4, 0.5) is 0 Å². The van der Waals surface area contributed by atoms with Crippen LogP contribution in [-0.2, 0) is 20.9 Å². The minimum absolute atomic E-state index is 0.0379. The minimum Gasteiger partial charge on any atom is -0.507 e. The average molecular weight is 629 g/mol. The second-order valence-corrected chi connectivity index (χ2v) is 12.2. The number of hydrogen-bond donors (Lipinski definition) is 1. The van der Waals surface area contributed by atoms with Gasteiger partial charge in [-0.3, -0.25) is 14.5 Å². The maximum Gasteiger partial charge on any atom is 0.295 e. The Morgan fingerprint density at radius 2 is 1.72 bits per heavy atom. The van der Waals surface area contributed by atoms with Crippen LogP contribution in [0.2, 0.25) is 0 Å². The molecule has 2 saturated heterocycles. The van der Waals surface area contributed by atoms with Crippen molar-refractivity contribution in [1.29, 1.82) is 0 Å². The van der Waals surface area contributed by atoms with E-state index in [1.807, 2.05) is 31.2 Å². The van der Waals surface area contributed by atoms with E-state index in [4.69, 9.17) is 18.9 Å². The first-order chi connectivity index (χ1) is 22.2. The van der Waals surface area contributed by atoms with Crippen LogP contribution in [-0.4, -0.2) is 79.7 Å². The monoisotopic (exact) mass is 628 g/mol. The second kappa shape index (κ2) is 15.3. The van der Waals surface area contributed by atoms with Crippen molar-refractivity contribution in [3.8, 4) is 17.2 Å². The SMILES string of the molecule is COc1cc(C2/C(=C(\O)c3ccc(OCc4cccc(C)c4)cc3)C(=O)C(=O)N2CCN2CCOCC2)ccc1OCCC(C)C. The fourth-order valence-electron chi connectivity index (χ4n) is 5.74. The molecular formula is C37H44N2O7. The predicted molar refractivity (Wildman–Crippen MR) is 176 cm³/mol. The number of amides is 1. The summed E-state index contributed by atoms with van der Waals surface area (Å²) in [6.07, 6.45) is 0.891. The van der Waals surface area contributed by atoms with Gasteiger partial charge in [-0.2, -0.15) is 0 Å². The molecule has 1 unspecified atom stereocenters. The lowest BCUT2D eigenvalue weighted by Crippen LogP contribution is -2.42. The minimum atomic E-state index is -0.808. The first-order valence-electron chi connectivity index (χ1n) is 15.9. The van der Waals surface area contributed by atoms with Crippen LogP contribution in [0.3, 0.4) is 0 Å². The fourth-order valence-corrected chi connectivity index (χ4v) is 5.74. The summed E-state index contributed by atoms with van der Waals surface area (Å²) >= 11 is 0. The van der Waals surface area contributed by atoms with E-state index in [1.54, 1.807) is 48.4 Å². The smallest absolute Gasteiger partial charge is 0.295 e. The highest BCUT2D eigenvalue weighted by Gasteiger charge is 2.46. The lowest BCUT2D eigenvalue weighted by Gasteiger charge is -2.31. The molecule has 1 atom stereocenters. The third kappa shape index (κ3) is 7.89. The van der Waals surface area contributed by atoms with Crippen molar-refractivity contribution in [3.05, 3.63) is 94.6 Å². The number of carbonyl (C=O) groups is 2. The van der Waals surface area contributed by atoms with Crippen molar-refractivity contribution < 1.29 is 33.6 Å². The molecule has 2 aliphatic rings. The van der Waals surface area contributed by atoms with Crippen LogP contribution >= 0.6 is 0 Å². The van der Waals surface area contributed by atoms with Crippen molar-refractivity contribution in [2.24, 2.45) is 5.92 Å². The number of hydrogen-bond acceptors (Lipinski definition) is 8. The highest BCUT2D eigenvalue weighted by molar-refractivity contribution is 6.46. The highest BCUT2D eigenvalue weighted by atomic mass is 16.5. The highest BCUT2D eigenvalue weighted by Crippen LogP contribution is 2.42. The van der Waals surface area contributed by atoms with E-state index in [9.17, 15) is 14.7 Å². The Morgan fingerprint density at radius 1 is 0.957 bits per heavy atom. The van der Waals surface area contributed by atoms with E-state index in [1.165, 1.54) is 0 Å². The number of ether oxygens (including phenoxy) is 4. The molecule has 0 saturated carbocycles. The van der Waals surface area contributed by atoms with Crippen molar-refractivity contribution in [2.45, 2.75) is 39.8 Å². The molecule has 0 aliphatic carbocycles. The lowest BCUT2D eigenvalue weighted by molar-refractivity contribution is -0.140. The van der Waals surface area contributed by atoms with Gasteiger partial charge in [0.25, 0.3) is 11.7 Å². The number of methoxy groups -OCH3 is 1. The first kappa shape index (κ1) is 33.0. The summed E-state index contributed by atoms with van der Waals surface area (Å²) in [7, 11) is 1.56. The van der Waals surface area contributed by atoms with Crippen LogP contribution in [0, 0.1) is 12.8 Å². The van der Waals surface area contributed by atoms with Crippen LogP contribution in [0.1, 0.15) is 48.6 Å². The van der Waals surface area contributed by atoms with Crippen molar-refractivity contribution in [3.63, 3.8) is 0 Å². The summed E-state index contributed by atoms with van der Waals surface area (Å²) < 4.78 is 23.1. The molecule has 2 aliphatic heterocycles. The van der Waals surface area contributed by atoms with Gasteiger partial charge in [-0.25, -0.2) is 0 Å². The van der Waals surface area contributed by atoms with E-state index in [-0.39, 0.29) is 11.3 Å². The van der Waals surface area contributed by atoms with Gasteiger partial charge in [0.1, 0.15) is 18.1 Å². The Balaban J connectivity index is 1.44. The zero-order chi connectivity index (χ0) is 32.6. The number of ketones is 1. The number of likely N-dealkylation sites (tertiary alicyclic amines) is 1. The standard InChI is InChI=1S/C37H44N2O7/c1-25(2)14-19-45-31-13-10-29(23-32(31)43-4)34-33(36(41)37(42)39(34)16-15-38-17-20-44-21-18-38)35(40)28-8-11-30(12-9-28)46-24-27-7-5-6-26(3)22-27/h5-13,22-23,25,34,40H,14-21,24H2,1-4H3/b35-33+. The largest absolute Gasteiger partial charge is 0.507 e. The summed E-state index contributed by atoms with van der Waals surface area (Å²) in [6, 6.07) is 19.6. The van der Waals surface area contributed by atoms with Crippen molar-refractivity contribution >= 4 is 17.4 Å². The Hall–Kier alpha value is -4.34. The summed E-state index contributed by atoms with van der Waals surface area (Å²) in [5.41, 5.74) is 3.31. The van der Waals surface area contributed by atoms with Gasteiger partial charge in [-0.1, -0.05) is 49.7 Å². The number of aliphatic hydroxyl groups excluding tert-OH is 1. The molecule has 0 radical (unpaired) electrons. The Bertz CT molecular complexity index is 1540. The maximum atomic E-state index is 13.6. The van der Waals surface area contributed by atoms with Gasteiger partial charge in [0, 0.05) is 31.7 Å². The van der Waals surface area contributed by atoms with Gasteiger partial charge in [-0.15, -0.1) is 0 Å². The molecule has 9 nitrogen and oxygen atoms in total. The molecule has 0 spiro atoms. The molecular weight excluding hydrogens is 584 g/mol. The molecule has 1 N–H and O–H groups in total. The molecule has 3 aromatic rings.